The highest BCUT2D eigenvalue weighted by Crippen LogP contribution is 2.22. The molecule has 5 heteroatoms. The van der Waals surface area contributed by atoms with Crippen LogP contribution in [-0.4, -0.2) is 15.9 Å². The number of nitrogens with one attached hydrogen (secondary N) is 1. The SMILES string of the molecule is CCc1ccc(-c2ccc(C(=O)Nc3ccc(-c4cnco4)cc3)cc2)nc1. The number of carbonyl (C=O) groups is 1. The van der Waals surface area contributed by atoms with E-state index in [2.05, 4.69) is 28.3 Å². The van der Waals surface area contributed by atoms with Crippen molar-refractivity contribution in [1.29, 1.82) is 0 Å². The van der Waals surface area contributed by atoms with Crippen molar-refractivity contribution >= 4 is 11.6 Å². The van der Waals surface area contributed by atoms with Crippen LogP contribution in [0.1, 0.15) is 22.8 Å². The fourth-order valence-electron chi connectivity index (χ4n) is 2.88. The van der Waals surface area contributed by atoms with Crippen molar-refractivity contribution in [3.05, 3.63) is 90.6 Å². The number of hydrogen-bond donors (Lipinski definition) is 1. The molecule has 138 valence electrons. The molecule has 2 aromatic carbocycles. The van der Waals surface area contributed by atoms with E-state index >= 15 is 0 Å². The van der Waals surface area contributed by atoms with Crippen LogP contribution < -0.4 is 5.32 Å². The van der Waals surface area contributed by atoms with E-state index in [4.69, 9.17) is 4.42 Å². The van der Waals surface area contributed by atoms with E-state index < -0.39 is 0 Å². The Kier molecular flexibility index (Phi) is 4.97. The number of hydrogen-bond acceptors (Lipinski definition) is 4. The third-order valence-corrected chi connectivity index (χ3v) is 4.54. The molecule has 0 saturated carbocycles. The Balaban J connectivity index is 1.44. The average molecular weight is 369 g/mol. The number of aromatic nitrogens is 2. The Bertz CT molecular complexity index is 1050. The monoisotopic (exact) mass is 369 g/mol. The van der Waals surface area contributed by atoms with Gasteiger partial charge in [-0.05, 0) is 54.4 Å². The summed E-state index contributed by atoms with van der Waals surface area (Å²) in [5.74, 6) is 0.530. The Hall–Kier alpha value is -3.73. The number of rotatable bonds is 5. The van der Waals surface area contributed by atoms with Crippen LogP contribution in [0.4, 0.5) is 5.69 Å². The smallest absolute Gasteiger partial charge is 0.255 e. The van der Waals surface area contributed by atoms with Crippen LogP contribution in [0.3, 0.4) is 0 Å². The lowest BCUT2D eigenvalue weighted by Crippen LogP contribution is -2.11. The lowest BCUT2D eigenvalue weighted by atomic mass is 10.1. The number of pyridine rings is 1. The molecule has 0 spiro atoms. The van der Waals surface area contributed by atoms with Crippen LogP contribution >= 0.6 is 0 Å². The summed E-state index contributed by atoms with van der Waals surface area (Å²) in [5, 5.41) is 2.90. The molecular weight excluding hydrogens is 350 g/mol. The Morgan fingerprint density at radius 1 is 0.929 bits per heavy atom. The van der Waals surface area contributed by atoms with E-state index in [0.717, 1.165) is 23.2 Å². The van der Waals surface area contributed by atoms with Crippen molar-refractivity contribution in [3.8, 4) is 22.6 Å². The van der Waals surface area contributed by atoms with Crippen molar-refractivity contribution in [3.63, 3.8) is 0 Å². The minimum atomic E-state index is -0.159. The zero-order chi connectivity index (χ0) is 19.3. The van der Waals surface area contributed by atoms with Gasteiger partial charge in [-0.25, -0.2) is 4.98 Å². The maximum atomic E-state index is 12.5. The van der Waals surface area contributed by atoms with Crippen LogP contribution in [0, 0.1) is 0 Å². The maximum Gasteiger partial charge on any atom is 0.255 e. The third-order valence-electron chi connectivity index (χ3n) is 4.54. The number of carbonyl (C=O) groups excluding carboxylic acids is 1. The molecule has 0 aliphatic rings. The van der Waals surface area contributed by atoms with E-state index in [-0.39, 0.29) is 5.91 Å². The fourth-order valence-corrected chi connectivity index (χ4v) is 2.88. The van der Waals surface area contributed by atoms with Crippen molar-refractivity contribution < 1.29 is 9.21 Å². The van der Waals surface area contributed by atoms with E-state index in [1.807, 2.05) is 60.8 Å². The summed E-state index contributed by atoms with van der Waals surface area (Å²) in [6.45, 7) is 2.10. The van der Waals surface area contributed by atoms with Crippen LogP contribution in [0.25, 0.3) is 22.6 Å². The molecule has 0 bridgehead atoms. The molecule has 0 atom stereocenters. The lowest BCUT2D eigenvalue weighted by molar-refractivity contribution is 0.102. The van der Waals surface area contributed by atoms with Crippen LogP contribution in [0.5, 0.6) is 0 Å². The lowest BCUT2D eigenvalue weighted by Gasteiger charge is -2.07. The first-order valence-electron chi connectivity index (χ1n) is 9.08. The zero-order valence-electron chi connectivity index (χ0n) is 15.4. The number of amides is 1. The fraction of sp³-hybridized carbons (Fsp3) is 0.0870. The average Bonchev–Trinajstić information content (AvgIpc) is 3.29. The zero-order valence-corrected chi connectivity index (χ0v) is 15.4. The standard InChI is InChI=1S/C23H19N3O2/c1-2-16-3-12-21(25-13-16)17-4-6-19(7-5-17)23(27)26-20-10-8-18(9-11-20)22-14-24-15-28-22/h3-15H,2H2,1H3,(H,26,27). The number of benzene rings is 2. The van der Waals surface area contributed by atoms with Gasteiger partial charge in [-0.15, -0.1) is 0 Å². The number of nitrogens with zero attached hydrogens (tertiary/aromatic N) is 2. The molecule has 0 unspecified atom stereocenters. The maximum absolute atomic E-state index is 12.5. The van der Waals surface area contributed by atoms with E-state index in [0.29, 0.717) is 17.0 Å². The minimum absolute atomic E-state index is 0.159. The third kappa shape index (κ3) is 3.83. The second-order valence-electron chi connectivity index (χ2n) is 6.38. The second-order valence-corrected chi connectivity index (χ2v) is 6.38. The van der Waals surface area contributed by atoms with Crippen molar-refractivity contribution in [2.24, 2.45) is 0 Å². The van der Waals surface area contributed by atoms with Crippen molar-refractivity contribution in [1.82, 2.24) is 9.97 Å². The van der Waals surface area contributed by atoms with Crippen LogP contribution in [0.2, 0.25) is 0 Å². The van der Waals surface area contributed by atoms with Crippen molar-refractivity contribution in [2.45, 2.75) is 13.3 Å². The van der Waals surface area contributed by atoms with E-state index in [9.17, 15) is 4.79 Å². The first kappa shape index (κ1) is 17.7. The van der Waals surface area contributed by atoms with Gasteiger partial charge in [-0.1, -0.05) is 25.1 Å². The molecule has 2 aromatic heterocycles. The summed E-state index contributed by atoms with van der Waals surface area (Å²) in [6.07, 6.45) is 5.90. The molecule has 4 aromatic rings. The molecule has 0 radical (unpaired) electrons. The highest BCUT2D eigenvalue weighted by atomic mass is 16.3. The quantitative estimate of drug-likeness (QED) is 0.524. The molecule has 0 aliphatic heterocycles. The van der Waals surface area contributed by atoms with Crippen LogP contribution in [0.15, 0.2) is 83.9 Å². The largest absolute Gasteiger partial charge is 0.444 e. The number of anilines is 1. The molecule has 1 amide bonds. The van der Waals surface area contributed by atoms with Crippen LogP contribution in [-0.2, 0) is 6.42 Å². The Morgan fingerprint density at radius 3 is 2.29 bits per heavy atom. The Morgan fingerprint density at radius 2 is 1.68 bits per heavy atom. The topological polar surface area (TPSA) is 68.0 Å². The molecule has 0 fully saturated rings. The molecule has 0 saturated heterocycles. The first-order valence-corrected chi connectivity index (χ1v) is 9.08. The summed E-state index contributed by atoms with van der Waals surface area (Å²) in [6, 6.07) is 19.0. The van der Waals surface area contributed by atoms with Gasteiger partial charge < -0.3 is 9.73 Å². The van der Waals surface area contributed by atoms with Gasteiger partial charge in [0.1, 0.15) is 0 Å². The molecule has 2 heterocycles. The number of aryl methyl sites for hydroxylation is 1. The van der Waals surface area contributed by atoms with Gasteiger partial charge in [-0.2, -0.15) is 0 Å². The highest BCUT2D eigenvalue weighted by Gasteiger charge is 2.08. The van der Waals surface area contributed by atoms with Gasteiger partial charge in [0.15, 0.2) is 12.2 Å². The molecule has 0 aliphatic carbocycles. The summed E-state index contributed by atoms with van der Waals surface area (Å²) in [4.78, 5) is 20.9. The normalized spacial score (nSPS) is 10.6. The summed E-state index contributed by atoms with van der Waals surface area (Å²) >= 11 is 0. The van der Waals surface area contributed by atoms with Gasteiger partial charge in [0, 0.05) is 28.6 Å². The molecule has 5 nitrogen and oxygen atoms in total. The Labute approximate surface area is 163 Å². The van der Waals surface area contributed by atoms with Gasteiger partial charge in [0.05, 0.1) is 11.9 Å². The number of oxazole rings is 1. The molecular formula is C23H19N3O2. The van der Waals surface area contributed by atoms with Gasteiger partial charge in [-0.3, -0.25) is 9.78 Å². The highest BCUT2D eigenvalue weighted by molar-refractivity contribution is 6.04. The summed E-state index contributed by atoms with van der Waals surface area (Å²) < 4.78 is 5.27. The minimum Gasteiger partial charge on any atom is -0.444 e. The van der Waals surface area contributed by atoms with E-state index in [1.54, 1.807) is 6.20 Å². The molecule has 28 heavy (non-hydrogen) atoms. The predicted octanol–water partition coefficient (Wildman–Crippen LogP) is 5.22. The molecule has 1 N–H and O–H groups in total. The summed E-state index contributed by atoms with van der Waals surface area (Å²) in [7, 11) is 0. The van der Waals surface area contributed by atoms with Crippen molar-refractivity contribution in [2.75, 3.05) is 5.32 Å². The van der Waals surface area contributed by atoms with E-state index in [1.165, 1.54) is 12.0 Å². The molecule has 4 rings (SSSR count). The first-order chi connectivity index (χ1) is 13.7. The predicted molar refractivity (Wildman–Crippen MR) is 109 cm³/mol. The summed E-state index contributed by atoms with van der Waals surface area (Å²) in [5.41, 5.74) is 5.29. The second kappa shape index (κ2) is 7.88. The van der Waals surface area contributed by atoms with Gasteiger partial charge in [0.25, 0.3) is 5.91 Å². The van der Waals surface area contributed by atoms with Gasteiger partial charge in [0.2, 0.25) is 0 Å². The van der Waals surface area contributed by atoms with Gasteiger partial charge >= 0.3 is 0 Å².